The lowest BCUT2D eigenvalue weighted by Gasteiger charge is -1.94. The molecule has 0 aromatic carbocycles. The molecule has 0 saturated carbocycles. The minimum Gasteiger partial charge on any atom is -0.450 e. The van der Waals surface area contributed by atoms with Crippen LogP contribution >= 0.6 is 0 Å². The summed E-state index contributed by atoms with van der Waals surface area (Å²) in [5.74, 6) is 0. The lowest BCUT2D eigenvalue weighted by atomic mass is 10.7. The minimum atomic E-state index is -1.26. The third-order valence-electron chi connectivity index (χ3n) is 0.796. The van der Waals surface area contributed by atoms with E-state index in [1.54, 1.807) is 0 Å². The summed E-state index contributed by atoms with van der Waals surface area (Å²) >= 11 is 0. The van der Waals surface area contributed by atoms with Crippen molar-refractivity contribution in [1.29, 1.82) is 0 Å². The number of rotatable bonds is 6. The van der Waals surface area contributed by atoms with Crippen LogP contribution in [-0.2, 0) is 9.47 Å². The number of hydrogen-bond donors (Lipinski definition) is 3. The van der Waals surface area contributed by atoms with Gasteiger partial charge in [-0.15, -0.1) is 0 Å². The second-order valence-corrected chi connectivity index (χ2v) is 1.93. The molecule has 6 nitrogen and oxygen atoms in total. The Labute approximate surface area is 82.4 Å². The number of aliphatic hydroxyl groups is 2. The zero-order valence-corrected chi connectivity index (χ0v) is 7.89. The van der Waals surface area contributed by atoms with Gasteiger partial charge in [0.1, 0.15) is 6.61 Å². The van der Waals surface area contributed by atoms with Gasteiger partial charge in [0.15, 0.2) is 0 Å². The fourth-order valence-corrected chi connectivity index (χ4v) is 0.361. The van der Waals surface area contributed by atoms with Gasteiger partial charge in [0.25, 0.3) is 0 Å². The topological polar surface area (TPSA) is 96.2 Å². The summed E-state index contributed by atoms with van der Waals surface area (Å²) in [7, 11) is 0. The SMILES string of the molecule is C=CCOC(=O)O.OCCOCCO. The first kappa shape index (κ1) is 15.4. The van der Waals surface area contributed by atoms with Gasteiger partial charge < -0.3 is 24.8 Å². The van der Waals surface area contributed by atoms with Crippen LogP contribution in [0.1, 0.15) is 0 Å². The Hall–Kier alpha value is -1.11. The van der Waals surface area contributed by atoms with Crippen molar-refractivity contribution in [2.45, 2.75) is 0 Å². The van der Waals surface area contributed by atoms with Crippen molar-refractivity contribution in [2.24, 2.45) is 0 Å². The first-order valence-corrected chi connectivity index (χ1v) is 3.95. The summed E-state index contributed by atoms with van der Waals surface area (Å²) in [6.45, 7) is 4.00. The molecule has 0 fully saturated rings. The maximum Gasteiger partial charge on any atom is 0.506 e. The average Bonchev–Trinajstić information content (AvgIpc) is 2.16. The highest BCUT2D eigenvalue weighted by atomic mass is 16.7. The molecule has 0 unspecified atom stereocenters. The standard InChI is InChI=1S/C4H10O3.C4H6O3/c5-1-3-7-4-2-6;1-2-3-7-4(5)6/h5-6H,1-4H2;2H,1,3H2,(H,5,6). The molecule has 0 aromatic rings. The highest BCUT2D eigenvalue weighted by Gasteiger charge is 1.87. The van der Waals surface area contributed by atoms with Crippen molar-refractivity contribution in [2.75, 3.05) is 33.0 Å². The van der Waals surface area contributed by atoms with Crippen LogP contribution < -0.4 is 0 Å². The van der Waals surface area contributed by atoms with Crippen molar-refractivity contribution >= 4 is 6.16 Å². The maximum atomic E-state index is 9.49. The van der Waals surface area contributed by atoms with E-state index in [4.69, 9.17) is 15.3 Å². The van der Waals surface area contributed by atoms with Gasteiger partial charge in [0, 0.05) is 0 Å². The van der Waals surface area contributed by atoms with Gasteiger partial charge >= 0.3 is 6.16 Å². The summed E-state index contributed by atoms with van der Waals surface area (Å²) in [5, 5.41) is 23.9. The molecule has 6 heteroatoms. The van der Waals surface area contributed by atoms with E-state index in [9.17, 15) is 4.79 Å². The van der Waals surface area contributed by atoms with Crippen molar-refractivity contribution < 1.29 is 29.6 Å². The van der Waals surface area contributed by atoms with Crippen molar-refractivity contribution in [3.63, 3.8) is 0 Å². The van der Waals surface area contributed by atoms with Gasteiger partial charge in [-0.1, -0.05) is 12.7 Å². The molecule has 0 spiro atoms. The quantitative estimate of drug-likeness (QED) is 0.319. The predicted octanol–water partition coefficient (Wildman–Crippen LogP) is -0.145. The van der Waals surface area contributed by atoms with Crippen molar-refractivity contribution in [1.82, 2.24) is 0 Å². The van der Waals surface area contributed by atoms with E-state index in [1.807, 2.05) is 0 Å². The smallest absolute Gasteiger partial charge is 0.450 e. The molecule has 0 saturated heterocycles. The summed E-state index contributed by atoms with van der Waals surface area (Å²) in [5.41, 5.74) is 0. The third kappa shape index (κ3) is 22.4. The molecule has 0 radical (unpaired) electrons. The number of carboxylic acid groups (broad SMARTS) is 1. The molecular weight excluding hydrogens is 192 g/mol. The number of ether oxygens (including phenoxy) is 2. The predicted molar refractivity (Wildman–Crippen MR) is 49.2 cm³/mol. The Morgan fingerprint density at radius 3 is 2.00 bits per heavy atom. The number of hydrogen-bond acceptors (Lipinski definition) is 5. The van der Waals surface area contributed by atoms with Crippen LogP contribution in [0.15, 0.2) is 12.7 Å². The van der Waals surface area contributed by atoms with Crippen LogP contribution in [0, 0.1) is 0 Å². The molecule has 0 rings (SSSR count). The summed E-state index contributed by atoms with van der Waals surface area (Å²) in [6, 6.07) is 0. The maximum absolute atomic E-state index is 9.49. The molecule has 0 aromatic heterocycles. The number of carbonyl (C=O) groups is 1. The van der Waals surface area contributed by atoms with Gasteiger partial charge in [-0.05, 0) is 0 Å². The van der Waals surface area contributed by atoms with Gasteiger partial charge in [-0.25, -0.2) is 4.79 Å². The fourth-order valence-electron chi connectivity index (χ4n) is 0.361. The highest BCUT2D eigenvalue weighted by molar-refractivity contribution is 5.56. The Morgan fingerprint density at radius 2 is 1.79 bits per heavy atom. The van der Waals surface area contributed by atoms with E-state index in [2.05, 4.69) is 16.1 Å². The number of aliphatic hydroxyl groups excluding tert-OH is 2. The first-order valence-electron chi connectivity index (χ1n) is 3.95. The van der Waals surface area contributed by atoms with Crippen molar-refractivity contribution in [3.8, 4) is 0 Å². The van der Waals surface area contributed by atoms with Crippen LogP contribution in [0.2, 0.25) is 0 Å². The Bertz CT molecular complexity index is 132. The second-order valence-electron chi connectivity index (χ2n) is 1.93. The van der Waals surface area contributed by atoms with Gasteiger partial charge in [-0.2, -0.15) is 0 Å². The zero-order valence-electron chi connectivity index (χ0n) is 7.89. The largest absolute Gasteiger partial charge is 0.506 e. The van der Waals surface area contributed by atoms with Crippen LogP contribution in [0.4, 0.5) is 4.79 Å². The summed E-state index contributed by atoms with van der Waals surface area (Å²) in [4.78, 5) is 9.49. The zero-order chi connectivity index (χ0) is 11.2. The molecule has 0 bridgehead atoms. The average molecular weight is 208 g/mol. The van der Waals surface area contributed by atoms with Crippen LogP contribution in [0.3, 0.4) is 0 Å². The Balaban J connectivity index is 0. The molecule has 0 atom stereocenters. The highest BCUT2D eigenvalue weighted by Crippen LogP contribution is 1.73. The lowest BCUT2D eigenvalue weighted by molar-refractivity contribution is 0.0650. The lowest BCUT2D eigenvalue weighted by Crippen LogP contribution is -2.03. The van der Waals surface area contributed by atoms with Gasteiger partial charge in [0.05, 0.1) is 26.4 Å². The van der Waals surface area contributed by atoms with E-state index in [0.717, 1.165) is 0 Å². The summed E-state index contributed by atoms with van der Waals surface area (Å²) < 4.78 is 8.62. The fraction of sp³-hybridized carbons (Fsp3) is 0.625. The van der Waals surface area contributed by atoms with E-state index in [-0.39, 0.29) is 19.8 Å². The molecule has 0 aliphatic rings. The van der Waals surface area contributed by atoms with Gasteiger partial charge in [-0.3, -0.25) is 0 Å². The molecule has 14 heavy (non-hydrogen) atoms. The summed E-state index contributed by atoms with van der Waals surface area (Å²) in [6.07, 6.45) is 0.105. The van der Waals surface area contributed by atoms with E-state index >= 15 is 0 Å². The third-order valence-corrected chi connectivity index (χ3v) is 0.796. The van der Waals surface area contributed by atoms with E-state index < -0.39 is 6.16 Å². The molecule has 0 heterocycles. The molecule has 84 valence electrons. The van der Waals surface area contributed by atoms with E-state index in [1.165, 1.54) is 6.08 Å². The Morgan fingerprint density at radius 1 is 1.29 bits per heavy atom. The first-order chi connectivity index (χ1) is 6.68. The molecule has 0 aliphatic carbocycles. The van der Waals surface area contributed by atoms with Gasteiger partial charge in [0.2, 0.25) is 0 Å². The molecule has 0 aliphatic heterocycles. The second kappa shape index (κ2) is 14.4. The normalized spacial score (nSPS) is 8.43. The van der Waals surface area contributed by atoms with Crippen LogP contribution in [0.5, 0.6) is 0 Å². The molecular formula is C8H16O6. The van der Waals surface area contributed by atoms with Crippen LogP contribution in [0.25, 0.3) is 0 Å². The molecule has 3 N–H and O–H groups in total. The van der Waals surface area contributed by atoms with Crippen molar-refractivity contribution in [3.05, 3.63) is 12.7 Å². The Kier molecular flexibility index (Phi) is 15.8. The van der Waals surface area contributed by atoms with Crippen LogP contribution in [-0.4, -0.2) is 54.5 Å². The molecule has 0 amide bonds. The minimum absolute atomic E-state index is 0.0278. The monoisotopic (exact) mass is 208 g/mol. The van der Waals surface area contributed by atoms with E-state index in [0.29, 0.717) is 13.2 Å².